The zero-order chi connectivity index (χ0) is 28.0. The zero-order valence-corrected chi connectivity index (χ0v) is 22.7. The van der Waals surface area contributed by atoms with Gasteiger partial charge in [0.05, 0.1) is 43.8 Å². The molecule has 3 fully saturated rings. The Labute approximate surface area is 224 Å². The van der Waals surface area contributed by atoms with Gasteiger partial charge in [0.15, 0.2) is 0 Å². The maximum Gasteiger partial charge on any atom is 0.303 e. The van der Waals surface area contributed by atoms with Gasteiger partial charge in [0.2, 0.25) is 11.8 Å². The number of carboxylic acids is 1. The van der Waals surface area contributed by atoms with Crippen LogP contribution in [0.3, 0.4) is 0 Å². The number of aliphatic hydroxyl groups excluding tert-OH is 1. The fourth-order valence-electron chi connectivity index (χ4n) is 5.18. The fraction of sp³-hybridized carbons (Fsp3) is 0.679. The number of carbonyl (C=O) groups is 3. The number of primary amides is 1. The molecule has 3 rings (SSSR count). The molecule has 2 amide bonds. The Kier molecular flexibility index (Phi) is 10.3. The van der Waals surface area contributed by atoms with Gasteiger partial charge in [-0.15, -0.1) is 0 Å². The van der Waals surface area contributed by atoms with E-state index in [1.165, 1.54) is 6.08 Å². The Balaban J connectivity index is 1.49. The predicted molar refractivity (Wildman–Crippen MR) is 140 cm³/mol. The van der Waals surface area contributed by atoms with Gasteiger partial charge in [-0.25, -0.2) is 0 Å². The summed E-state index contributed by atoms with van der Waals surface area (Å²) < 4.78 is 17.7. The Morgan fingerprint density at radius 2 is 1.92 bits per heavy atom. The standard InChI is InChI=1S/C28H42N2O8/c1-16(6-9-23-27(35)28(15-36-28)14-20(38-23)13-24(29)31)5-8-22-18(3)12-21(19(4)37-22)30-25(32)10-7-17(2)11-26(33)34/h5-7,9-10,17-23,27,35H,8,11-15H2,1-4H3,(H2,29,31)(H,30,32)(H,33,34)/b9-6+,10-7-,16-5+/t17-,18+,19-,20-,21-,22+,23-,27-,28-/m1/s1. The molecule has 10 heteroatoms. The Hall–Kier alpha value is -2.53. The van der Waals surface area contributed by atoms with Crippen LogP contribution >= 0.6 is 0 Å². The van der Waals surface area contributed by atoms with E-state index in [1.807, 2.05) is 19.9 Å². The number of ether oxygens (including phenoxy) is 3. The van der Waals surface area contributed by atoms with E-state index >= 15 is 0 Å². The van der Waals surface area contributed by atoms with Crippen LogP contribution in [0.4, 0.5) is 0 Å². The first-order chi connectivity index (χ1) is 17.9. The molecule has 10 nitrogen and oxygen atoms in total. The van der Waals surface area contributed by atoms with Crippen molar-refractivity contribution < 1.29 is 38.8 Å². The molecule has 1 spiro atoms. The topological polar surface area (TPSA) is 161 Å². The minimum Gasteiger partial charge on any atom is -0.481 e. The van der Waals surface area contributed by atoms with E-state index in [-0.39, 0.29) is 54.9 Å². The average Bonchev–Trinajstić information content (AvgIpc) is 3.59. The van der Waals surface area contributed by atoms with Crippen molar-refractivity contribution in [2.75, 3.05) is 6.61 Å². The molecule has 3 aliphatic heterocycles. The van der Waals surface area contributed by atoms with Crippen molar-refractivity contribution in [3.63, 3.8) is 0 Å². The third-order valence-electron chi connectivity index (χ3n) is 7.55. The lowest BCUT2D eigenvalue weighted by Gasteiger charge is -2.39. The van der Waals surface area contributed by atoms with Gasteiger partial charge in [-0.05, 0) is 44.6 Å². The number of epoxide rings is 1. The minimum atomic E-state index is -0.897. The van der Waals surface area contributed by atoms with Crippen LogP contribution in [0.15, 0.2) is 36.0 Å². The number of amides is 2. The Bertz CT molecular complexity index is 957. The molecule has 0 aliphatic carbocycles. The fourth-order valence-corrected chi connectivity index (χ4v) is 5.18. The maximum absolute atomic E-state index is 12.3. The number of hydrogen-bond donors (Lipinski definition) is 4. The number of rotatable bonds is 11. The van der Waals surface area contributed by atoms with Crippen LogP contribution in [0.25, 0.3) is 0 Å². The third kappa shape index (κ3) is 8.49. The van der Waals surface area contributed by atoms with Crippen molar-refractivity contribution >= 4 is 17.8 Å². The number of allylic oxidation sites excluding steroid dienone is 3. The van der Waals surface area contributed by atoms with Crippen molar-refractivity contribution in [1.82, 2.24) is 5.32 Å². The maximum atomic E-state index is 12.3. The van der Waals surface area contributed by atoms with Gasteiger partial charge in [0.1, 0.15) is 17.8 Å². The van der Waals surface area contributed by atoms with Crippen LogP contribution < -0.4 is 11.1 Å². The molecule has 0 radical (unpaired) electrons. The van der Waals surface area contributed by atoms with Crippen LogP contribution in [-0.4, -0.2) is 76.8 Å². The highest BCUT2D eigenvalue weighted by atomic mass is 16.6. The van der Waals surface area contributed by atoms with E-state index in [4.69, 9.17) is 25.1 Å². The van der Waals surface area contributed by atoms with E-state index in [9.17, 15) is 19.5 Å². The zero-order valence-electron chi connectivity index (χ0n) is 22.7. The second-order valence-corrected chi connectivity index (χ2v) is 11.1. The van der Waals surface area contributed by atoms with E-state index in [1.54, 1.807) is 19.1 Å². The first kappa shape index (κ1) is 30.0. The SMILES string of the molecule is CC(/C=C/[C@H]1O[C@H](CC(N)=O)C[C@@]2(CO2)[C@@H]1O)=C\C[C@@H]1O[C@H](C)[C@H](NC(=O)/C=C\[C@@H](C)CC(=O)O)C[C@@H]1C. The number of nitrogens with two attached hydrogens (primary N) is 1. The van der Waals surface area contributed by atoms with E-state index < -0.39 is 29.7 Å². The summed E-state index contributed by atoms with van der Waals surface area (Å²) in [5.41, 5.74) is 5.68. The molecule has 0 aromatic heterocycles. The molecule has 0 unspecified atom stereocenters. The van der Waals surface area contributed by atoms with Gasteiger partial charge >= 0.3 is 5.97 Å². The number of aliphatic carboxylic acids is 1. The van der Waals surface area contributed by atoms with Crippen LogP contribution in [0, 0.1) is 11.8 Å². The largest absolute Gasteiger partial charge is 0.481 e. The highest BCUT2D eigenvalue weighted by molar-refractivity contribution is 5.87. The summed E-state index contributed by atoms with van der Waals surface area (Å²) in [5, 5.41) is 22.5. The highest BCUT2D eigenvalue weighted by Crippen LogP contribution is 2.43. The van der Waals surface area contributed by atoms with Crippen LogP contribution in [0.1, 0.15) is 59.8 Å². The molecule has 0 bridgehead atoms. The van der Waals surface area contributed by atoms with Gasteiger partial charge in [0, 0.05) is 6.42 Å². The van der Waals surface area contributed by atoms with Crippen molar-refractivity contribution in [1.29, 1.82) is 0 Å². The molecule has 0 saturated carbocycles. The smallest absolute Gasteiger partial charge is 0.303 e. The van der Waals surface area contributed by atoms with Crippen LogP contribution in [0.2, 0.25) is 0 Å². The van der Waals surface area contributed by atoms with Gasteiger partial charge in [-0.3, -0.25) is 14.4 Å². The second kappa shape index (κ2) is 13.0. The summed E-state index contributed by atoms with van der Waals surface area (Å²) >= 11 is 0. The van der Waals surface area contributed by atoms with Gasteiger partial charge in [-0.1, -0.05) is 43.7 Å². The van der Waals surface area contributed by atoms with E-state index in [0.717, 1.165) is 12.0 Å². The molecule has 38 heavy (non-hydrogen) atoms. The van der Waals surface area contributed by atoms with Gasteiger partial charge in [-0.2, -0.15) is 0 Å². The summed E-state index contributed by atoms with van der Waals surface area (Å²) in [6.45, 7) is 8.21. The first-order valence-corrected chi connectivity index (χ1v) is 13.3. The van der Waals surface area contributed by atoms with Crippen molar-refractivity contribution in [3.8, 4) is 0 Å². The summed E-state index contributed by atoms with van der Waals surface area (Å²) in [6.07, 6.45) is 8.82. The Morgan fingerprint density at radius 1 is 1.21 bits per heavy atom. The number of carboxylic acid groups (broad SMARTS) is 1. The molecule has 5 N–H and O–H groups in total. The lowest BCUT2D eigenvalue weighted by molar-refractivity contribution is -0.143. The predicted octanol–water partition coefficient (Wildman–Crippen LogP) is 2.01. The number of hydrogen-bond acceptors (Lipinski definition) is 7. The molecule has 0 aromatic rings. The quantitative estimate of drug-likeness (QED) is 0.178. The summed E-state index contributed by atoms with van der Waals surface area (Å²) in [7, 11) is 0. The Morgan fingerprint density at radius 3 is 2.55 bits per heavy atom. The minimum absolute atomic E-state index is 0.00719. The third-order valence-corrected chi connectivity index (χ3v) is 7.55. The normalized spacial score (nSPS) is 36.4. The van der Waals surface area contributed by atoms with Crippen molar-refractivity contribution in [2.24, 2.45) is 17.6 Å². The van der Waals surface area contributed by atoms with Crippen LogP contribution in [0.5, 0.6) is 0 Å². The van der Waals surface area contributed by atoms with E-state index in [0.29, 0.717) is 19.4 Å². The molecular weight excluding hydrogens is 492 g/mol. The summed E-state index contributed by atoms with van der Waals surface area (Å²) in [4.78, 5) is 34.4. The van der Waals surface area contributed by atoms with Crippen molar-refractivity contribution in [3.05, 3.63) is 36.0 Å². The first-order valence-electron chi connectivity index (χ1n) is 13.3. The molecule has 3 heterocycles. The number of nitrogens with one attached hydrogen (secondary N) is 1. The van der Waals surface area contributed by atoms with Crippen LogP contribution in [-0.2, 0) is 28.6 Å². The summed E-state index contributed by atoms with van der Waals surface area (Å²) in [5.74, 6) is -1.60. The number of aliphatic hydroxyl groups is 1. The van der Waals surface area contributed by atoms with Gasteiger partial charge in [0.25, 0.3) is 0 Å². The summed E-state index contributed by atoms with van der Waals surface area (Å²) in [6, 6.07) is -0.131. The molecular formula is C28H42N2O8. The average molecular weight is 535 g/mol. The lowest BCUT2D eigenvalue weighted by atomic mass is 9.87. The monoisotopic (exact) mass is 534 g/mol. The van der Waals surface area contributed by atoms with Gasteiger partial charge < -0.3 is 35.5 Å². The van der Waals surface area contributed by atoms with Crippen molar-refractivity contribution in [2.45, 2.75) is 102 Å². The molecule has 0 aromatic carbocycles. The number of carbonyl (C=O) groups excluding carboxylic acids is 2. The molecule has 3 saturated heterocycles. The molecule has 9 atom stereocenters. The molecule has 3 aliphatic rings. The highest BCUT2D eigenvalue weighted by Gasteiger charge is 2.58. The molecule has 212 valence electrons. The second-order valence-electron chi connectivity index (χ2n) is 11.1. The lowest BCUT2D eigenvalue weighted by Crippen LogP contribution is -2.50. The van der Waals surface area contributed by atoms with E-state index in [2.05, 4.69) is 18.3 Å².